The van der Waals surface area contributed by atoms with Gasteiger partial charge in [0.15, 0.2) is 0 Å². The summed E-state index contributed by atoms with van der Waals surface area (Å²) in [5.41, 5.74) is 4.29. The van der Waals surface area contributed by atoms with E-state index in [1.54, 1.807) is 17.2 Å². The van der Waals surface area contributed by atoms with Gasteiger partial charge in [-0.15, -0.1) is 0 Å². The van der Waals surface area contributed by atoms with Crippen LogP contribution < -0.4 is 10.2 Å². The van der Waals surface area contributed by atoms with Crippen molar-refractivity contribution in [3.05, 3.63) is 66.1 Å². The largest absolute Gasteiger partial charge is 0.352 e. The number of hydrogen-bond acceptors (Lipinski definition) is 7. The van der Waals surface area contributed by atoms with Crippen molar-refractivity contribution >= 4 is 17.5 Å². The first kappa shape index (κ1) is 16.4. The van der Waals surface area contributed by atoms with Crippen LogP contribution >= 0.6 is 0 Å². The Morgan fingerprint density at radius 2 is 2.00 bits per heavy atom. The van der Waals surface area contributed by atoms with Gasteiger partial charge in [-0.3, -0.25) is 5.10 Å². The smallest absolute Gasteiger partial charge is 0.229 e. The third-order valence-electron chi connectivity index (χ3n) is 4.76. The van der Waals surface area contributed by atoms with Crippen molar-refractivity contribution in [3.8, 4) is 5.69 Å². The first-order valence-corrected chi connectivity index (χ1v) is 9.09. The first-order chi connectivity index (χ1) is 13.7. The predicted molar refractivity (Wildman–Crippen MR) is 105 cm³/mol. The number of H-pyrrole nitrogens is 1. The van der Waals surface area contributed by atoms with Crippen LogP contribution in [0.15, 0.2) is 49.1 Å². The lowest BCUT2D eigenvalue weighted by Crippen LogP contribution is -2.30. The Kier molecular flexibility index (Phi) is 3.97. The zero-order valence-electron chi connectivity index (χ0n) is 15.4. The highest BCUT2D eigenvalue weighted by Gasteiger charge is 2.19. The Hall–Kier alpha value is -3.75. The van der Waals surface area contributed by atoms with E-state index in [2.05, 4.69) is 40.5 Å². The van der Waals surface area contributed by atoms with Gasteiger partial charge in [-0.25, -0.2) is 14.6 Å². The molecule has 0 spiro atoms. The van der Waals surface area contributed by atoms with Gasteiger partial charge in [-0.05, 0) is 37.3 Å². The van der Waals surface area contributed by atoms with Crippen molar-refractivity contribution in [1.82, 2.24) is 34.9 Å². The summed E-state index contributed by atoms with van der Waals surface area (Å²) in [5.74, 6) is 2.21. The molecule has 2 N–H and O–H groups in total. The zero-order chi connectivity index (χ0) is 18.9. The van der Waals surface area contributed by atoms with Crippen molar-refractivity contribution in [3.63, 3.8) is 0 Å². The molecule has 0 atom stereocenters. The number of benzene rings is 1. The lowest BCUT2D eigenvalue weighted by molar-refractivity contribution is 0.710. The molecule has 0 amide bonds. The molecule has 0 saturated heterocycles. The topological polar surface area (TPSA) is 100 Å². The lowest BCUT2D eigenvalue weighted by atomic mass is 10.1. The zero-order valence-corrected chi connectivity index (χ0v) is 15.4. The Bertz CT molecular complexity index is 1100. The molecule has 0 unspecified atom stereocenters. The molecule has 28 heavy (non-hydrogen) atoms. The van der Waals surface area contributed by atoms with Gasteiger partial charge >= 0.3 is 0 Å². The van der Waals surface area contributed by atoms with Crippen molar-refractivity contribution in [2.45, 2.75) is 19.9 Å². The number of hydrogen-bond donors (Lipinski definition) is 2. The Morgan fingerprint density at radius 1 is 1.11 bits per heavy atom. The molecule has 9 nitrogen and oxygen atoms in total. The quantitative estimate of drug-likeness (QED) is 0.566. The van der Waals surface area contributed by atoms with E-state index in [0.717, 1.165) is 42.5 Å². The van der Waals surface area contributed by atoms with Gasteiger partial charge < -0.3 is 10.2 Å². The molecule has 4 aromatic rings. The molecule has 5 rings (SSSR count). The van der Waals surface area contributed by atoms with E-state index in [9.17, 15) is 0 Å². The minimum absolute atomic E-state index is 0.569. The fourth-order valence-corrected chi connectivity index (χ4v) is 3.30. The van der Waals surface area contributed by atoms with E-state index in [1.165, 1.54) is 11.3 Å². The number of nitrogens with one attached hydrogen (secondary N) is 2. The summed E-state index contributed by atoms with van der Waals surface area (Å²) < 4.78 is 1.75. The van der Waals surface area contributed by atoms with Crippen LogP contribution in [0.5, 0.6) is 0 Å². The molecule has 1 aliphatic heterocycles. The van der Waals surface area contributed by atoms with Crippen LogP contribution in [0.4, 0.5) is 17.5 Å². The van der Waals surface area contributed by atoms with Crippen LogP contribution in [0.2, 0.25) is 0 Å². The highest BCUT2D eigenvalue weighted by atomic mass is 15.3. The number of rotatable bonds is 4. The van der Waals surface area contributed by atoms with Gasteiger partial charge in [0.25, 0.3) is 0 Å². The van der Waals surface area contributed by atoms with Gasteiger partial charge in [-0.2, -0.15) is 15.2 Å². The fourth-order valence-electron chi connectivity index (χ4n) is 3.30. The second-order valence-electron chi connectivity index (χ2n) is 6.69. The van der Waals surface area contributed by atoms with Gasteiger partial charge in [-0.1, -0.05) is 0 Å². The standard InChI is InChI=1S/C19H19N9/c1-13-21-12-28(26-13)16-4-2-15(3-5-16)23-19-20-8-6-18(24-19)27-9-7-17-14(11-27)10-22-25-17/h2-6,8,10,12H,7,9,11H2,1H3,(H,22,25)(H,20,23,24). The summed E-state index contributed by atoms with van der Waals surface area (Å²) in [6.45, 7) is 3.57. The third kappa shape index (κ3) is 3.18. The van der Waals surface area contributed by atoms with E-state index in [0.29, 0.717) is 5.95 Å². The van der Waals surface area contributed by atoms with E-state index >= 15 is 0 Å². The molecule has 4 heterocycles. The van der Waals surface area contributed by atoms with E-state index in [-0.39, 0.29) is 0 Å². The van der Waals surface area contributed by atoms with Gasteiger partial charge in [0, 0.05) is 42.7 Å². The molecule has 140 valence electrons. The monoisotopic (exact) mass is 373 g/mol. The van der Waals surface area contributed by atoms with Gasteiger partial charge in [0.2, 0.25) is 5.95 Å². The predicted octanol–water partition coefficient (Wildman–Crippen LogP) is 2.40. The third-order valence-corrected chi connectivity index (χ3v) is 4.76. The number of anilines is 3. The summed E-state index contributed by atoms with van der Waals surface area (Å²) in [6, 6.07) is 9.84. The molecule has 0 bridgehead atoms. The number of aryl methyl sites for hydroxylation is 1. The molecule has 3 aromatic heterocycles. The average molecular weight is 373 g/mol. The second kappa shape index (κ2) is 6.76. The maximum absolute atomic E-state index is 4.68. The highest BCUT2D eigenvalue weighted by molar-refractivity contribution is 5.57. The summed E-state index contributed by atoms with van der Waals surface area (Å²) in [5, 5.41) is 14.8. The van der Waals surface area contributed by atoms with Crippen molar-refractivity contribution in [1.29, 1.82) is 0 Å². The summed E-state index contributed by atoms with van der Waals surface area (Å²) >= 11 is 0. The minimum Gasteiger partial charge on any atom is -0.352 e. The molecule has 9 heteroatoms. The fraction of sp³-hybridized carbons (Fsp3) is 0.211. The normalized spacial score (nSPS) is 13.4. The number of aromatic nitrogens is 7. The SMILES string of the molecule is Cc1ncn(-c2ccc(Nc3nccc(N4CCc5[nH]ncc5C4)n3)cc2)n1. The highest BCUT2D eigenvalue weighted by Crippen LogP contribution is 2.23. The van der Waals surface area contributed by atoms with Gasteiger partial charge in [0.05, 0.1) is 11.9 Å². The molecule has 0 radical (unpaired) electrons. The van der Waals surface area contributed by atoms with Crippen LogP contribution in [0.1, 0.15) is 17.1 Å². The van der Waals surface area contributed by atoms with Crippen LogP contribution in [0.25, 0.3) is 5.69 Å². The van der Waals surface area contributed by atoms with Crippen LogP contribution in [0.3, 0.4) is 0 Å². The first-order valence-electron chi connectivity index (χ1n) is 9.09. The van der Waals surface area contributed by atoms with E-state index in [4.69, 9.17) is 0 Å². The van der Waals surface area contributed by atoms with Crippen LogP contribution in [-0.2, 0) is 13.0 Å². The summed E-state index contributed by atoms with van der Waals surface area (Å²) in [7, 11) is 0. The van der Waals surface area contributed by atoms with E-state index in [1.807, 2.05) is 43.5 Å². The number of aromatic amines is 1. The Balaban J connectivity index is 1.32. The maximum Gasteiger partial charge on any atom is 0.229 e. The van der Waals surface area contributed by atoms with Crippen molar-refractivity contribution in [2.75, 3.05) is 16.8 Å². The molecule has 0 aliphatic carbocycles. The summed E-state index contributed by atoms with van der Waals surface area (Å²) in [6.07, 6.45) is 6.31. The van der Waals surface area contributed by atoms with Crippen LogP contribution in [0, 0.1) is 6.92 Å². The number of nitrogens with zero attached hydrogens (tertiary/aromatic N) is 7. The maximum atomic E-state index is 4.68. The minimum atomic E-state index is 0.569. The van der Waals surface area contributed by atoms with Crippen molar-refractivity contribution in [2.24, 2.45) is 0 Å². The molecule has 0 fully saturated rings. The van der Waals surface area contributed by atoms with Crippen molar-refractivity contribution < 1.29 is 0 Å². The van der Waals surface area contributed by atoms with Crippen LogP contribution in [-0.4, -0.2) is 41.5 Å². The molecule has 0 saturated carbocycles. The van der Waals surface area contributed by atoms with Gasteiger partial charge in [0.1, 0.15) is 18.0 Å². The molecular formula is C19H19N9. The lowest BCUT2D eigenvalue weighted by Gasteiger charge is -2.27. The molecular weight excluding hydrogens is 354 g/mol. The second-order valence-corrected chi connectivity index (χ2v) is 6.69. The molecule has 1 aliphatic rings. The van der Waals surface area contributed by atoms with E-state index < -0.39 is 0 Å². The molecule has 1 aromatic carbocycles. The number of fused-ring (bicyclic) bond motifs is 1. The Labute approximate surface area is 161 Å². The average Bonchev–Trinajstić information content (AvgIpc) is 3.37. The summed E-state index contributed by atoms with van der Waals surface area (Å²) in [4.78, 5) is 15.4. The Morgan fingerprint density at radius 3 is 2.82 bits per heavy atom.